The van der Waals surface area contributed by atoms with E-state index < -0.39 is 86.7 Å². The quantitative estimate of drug-likeness (QED) is 0.251. The van der Waals surface area contributed by atoms with Crippen LogP contribution in [0.2, 0.25) is 0 Å². The van der Waals surface area contributed by atoms with Crippen LogP contribution in [0.5, 0.6) is 5.75 Å². The molecule has 1 unspecified atom stereocenters. The number of aliphatic hydroxyl groups is 2. The van der Waals surface area contributed by atoms with Gasteiger partial charge in [-0.1, -0.05) is 25.5 Å². The molecule has 0 amide bonds. The number of fused-ring (bicyclic) bond motifs is 6. The number of benzene rings is 1. The van der Waals surface area contributed by atoms with Crippen LogP contribution in [0, 0.1) is 34.4 Å². The van der Waals surface area contributed by atoms with Gasteiger partial charge in [-0.15, -0.1) is 0 Å². The minimum absolute atomic E-state index is 0.0371. The maximum Gasteiger partial charge on any atom is 0.341 e. The number of ether oxygens (including phenoxy) is 2. The summed E-state index contributed by atoms with van der Waals surface area (Å²) in [4.78, 5) is 54.1. The summed E-state index contributed by atoms with van der Waals surface area (Å²) in [7, 11) is 1.40. The van der Waals surface area contributed by atoms with E-state index in [1.54, 1.807) is 31.4 Å². The zero-order chi connectivity index (χ0) is 41.0. The van der Waals surface area contributed by atoms with Crippen LogP contribution in [-0.4, -0.2) is 101 Å². The minimum atomic E-state index is -2.09. The maximum atomic E-state index is 17.6. The SMILES string of the molecule is COc1c(N2CCNC(C)C2)c(F)cc2c(=O)c(C(=O)O)cn(C3(CCOCC(=O)[C@]4(O)[C@H](C)C[C@@H]5[C@H]6CCC7=CC(=O)C=C[C@@]7(C)[C@]6(F)[C@H](O)C[C@]54C)CC3)c12. The first-order valence-corrected chi connectivity index (χ1v) is 20.2. The average Bonchev–Trinajstić information content (AvgIpc) is 3.92. The number of ketones is 2. The molecule has 12 nitrogen and oxygen atoms in total. The number of halogens is 2. The molecule has 0 spiro atoms. The van der Waals surface area contributed by atoms with Crippen LogP contribution in [0.1, 0.15) is 83.0 Å². The molecular formula is C43H53F2N3O9. The van der Waals surface area contributed by atoms with Crippen LogP contribution in [0.4, 0.5) is 14.5 Å². The Morgan fingerprint density at radius 3 is 2.54 bits per heavy atom. The number of nitrogens with one attached hydrogen (secondary N) is 1. The van der Waals surface area contributed by atoms with Gasteiger partial charge in [-0.2, -0.15) is 0 Å². The van der Waals surface area contributed by atoms with Crippen LogP contribution in [0.25, 0.3) is 10.9 Å². The zero-order valence-corrected chi connectivity index (χ0v) is 33.2. The molecule has 4 N–H and O–H groups in total. The molecule has 8 rings (SSSR count). The molecule has 0 bridgehead atoms. The second kappa shape index (κ2) is 13.5. The average molecular weight is 794 g/mol. The Hall–Kier alpha value is -3.98. The van der Waals surface area contributed by atoms with Gasteiger partial charge in [0.1, 0.15) is 23.5 Å². The Bertz CT molecular complexity index is 2180. The van der Waals surface area contributed by atoms with Gasteiger partial charge in [-0.25, -0.2) is 13.6 Å². The van der Waals surface area contributed by atoms with Gasteiger partial charge in [-0.05, 0) is 88.8 Å². The maximum absolute atomic E-state index is 17.6. The highest BCUT2D eigenvalue weighted by atomic mass is 19.1. The molecule has 0 radical (unpaired) electrons. The molecular weight excluding hydrogens is 740 g/mol. The largest absolute Gasteiger partial charge is 0.492 e. The normalized spacial score (nSPS) is 36.6. The monoisotopic (exact) mass is 793 g/mol. The zero-order valence-electron chi connectivity index (χ0n) is 33.2. The van der Waals surface area contributed by atoms with Crippen molar-refractivity contribution in [2.75, 3.05) is 44.9 Å². The third kappa shape index (κ3) is 5.56. The van der Waals surface area contributed by atoms with E-state index in [4.69, 9.17) is 9.47 Å². The standard InChI is InChI=1S/C43H53F2N3O9/c1-23-16-30-29-7-6-25-17-26(49)8-9-39(25,3)42(29,45)32(50)19-40(30,4)43(23,55)33(51)22-57-15-12-41(10-11-41)48-21-28(38(53)54)36(52)27-18-31(44)35(37(56-5)34(27)48)47-14-13-46-24(2)20-47/h8-9,17-18,21,23-24,29-30,32,46,50,55H,6-7,10-16,19-20,22H2,1-5H3,(H,53,54)/t23-,24?,29-,30-,32-,39-,40-,42-,43-/m1/s1. The number of Topliss-reactive ketones (excluding diaryl/α,β-unsaturated/α-hetero) is 1. The predicted octanol–water partition coefficient (Wildman–Crippen LogP) is 4.46. The number of allylic oxidation sites excluding steroid dienone is 4. The van der Waals surface area contributed by atoms with Gasteiger partial charge in [0, 0.05) is 60.8 Å². The van der Waals surface area contributed by atoms with Gasteiger partial charge in [-0.3, -0.25) is 14.4 Å². The van der Waals surface area contributed by atoms with Crippen LogP contribution in [-0.2, 0) is 19.9 Å². The lowest BCUT2D eigenvalue weighted by atomic mass is 9.44. The van der Waals surface area contributed by atoms with Crippen molar-refractivity contribution in [3.05, 3.63) is 57.7 Å². The summed E-state index contributed by atoms with van der Waals surface area (Å²) in [5.41, 5.74) is -7.26. The van der Waals surface area contributed by atoms with Crippen LogP contribution in [0.3, 0.4) is 0 Å². The number of pyridine rings is 1. The third-order valence-electron chi connectivity index (χ3n) is 15.2. The van der Waals surface area contributed by atoms with Crippen molar-refractivity contribution in [3.8, 4) is 5.75 Å². The molecule has 9 atom stereocenters. The van der Waals surface area contributed by atoms with Crippen LogP contribution in [0.15, 0.2) is 40.9 Å². The number of methoxy groups -OCH3 is 1. The second-order valence-corrected chi connectivity index (χ2v) is 18.1. The number of carboxylic acids is 1. The van der Waals surface area contributed by atoms with Gasteiger partial charge in [0.2, 0.25) is 5.43 Å². The highest BCUT2D eigenvalue weighted by molar-refractivity contribution is 6.01. The number of aromatic carboxylic acids is 1. The van der Waals surface area contributed by atoms with Crippen molar-refractivity contribution < 1.29 is 48.0 Å². The molecule has 57 heavy (non-hydrogen) atoms. The van der Waals surface area contributed by atoms with Gasteiger partial charge in [0.25, 0.3) is 0 Å². The van der Waals surface area contributed by atoms with Crippen molar-refractivity contribution in [1.82, 2.24) is 9.88 Å². The molecule has 1 aromatic carbocycles. The minimum Gasteiger partial charge on any atom is -0.492 e. The van der Waals surface area contributed by atoms with Gasteiger partial charge < -0.3 is 39.6 Å². The van der Waals surface area contributed by atoms with E-state index in [0.717, 1.165) is 6.07 Å². The predicted molar refractivity (Wildman–Crippen MR) is 207 cm³/mol. The summed E-state index contributed by atoms with van der Waals surface area (Å²) in [6, 6.07) is 1.16. The molecule has 14 heteroatoms. The van der Waals surface area contributed by atoms with E-state index in [2.05, 4.69) is 5.32 Å². The lowest BCUT2D eigenvalue weighted by Gasteiger charge is -2.62. The Kier molecular flexibility index (Phi) is 9.46. The highest BCUT2D eigenvalue weighted by Gasteiger charge is 2.75. The molecule has 1 saturated heterocycles. The first-order chi connectivity index (χ1) is 26.9. The molecule has 1 aromatic heterocycles. The Morgan fingerprint density at radius 1 is 1.14 bits per heavy atom. The van der Waals surface area contributed by atoms with Crippen molar-refractivity contribution in [1.29, 1.82) is 0 Å². The highest BCUT2D eigenvalue weighted by Crippen LogP contribution is 2.70. The number of piperazine rings is 1. The lowest BCUT2D eigenvalue weighted by molar-refractivity contribution is -0.219. The number of alkyl halides is 1. The number of carbonyl (C=O) groups is 3. The number of rotatable bonds is 10. The smallest absolute Gasteiger partial charge is 0.341 e. The number of nitrogens with zero attached hydrogens (tertiary/aromatic N) is 2. The van der Waals surface area contributed by atoms with Crippen LogP contribution < -0.4 is 20.4 Å². The molecule has 2 aromatic rings. The fourth-order valence-corrected chi connectivity index (χ4v) is 12.0. The number of carbonyl (C=O) groups excluding carboxylic acids is 2. The summed E-state index contributed by atoms with van der Waals surface area (Å²) in [5.74, 6) is -4.38. The number of aromatic nitrogens is 1. The van der Waals surface area contributed by atoms with Crippen molar-refractivity contribution >= 4 is 34.1 Å². The Morgan fingerprint density at radius 2 is 1.88 bits per heavy atom. The number of aliphatic hydroxyl groups excluding tert-OH is 1. The van der Waals surface area contributed by atoms with Crippen LogP contribution >= 0.6 is 0 Å². The topological polar surface area (TPSA) is 168 Å². The number of carboxylic acid groups (broad SMARTS) is 1. The van der Waals surface area contributed by atoms with E-state index in [0.29, 0.717) is 63.7 Å². The summed E-state index contributed by atoms with van der Waals surface area (Å²) < 4.78 is 47.1. The van der Waals surface area contributed by atoms with E-state index in [1.807, 2.05) is 11.8 Å². The molecule has 6 aliphatic rings. The summed E-state index contributed by atoms with van der Waals surface area (Å²) in [5, 5.41) is 37.4. The molecule has 1 aliphatic heterocycles. The summed E-state index contributed by atoms with van der Waals surface area (Å²) in [6.07, 6.45) is 6.79. The van der Waals surface area contributed by atoms with Gasteiger partial charge in [0.05, 0.1) is 24.1 Å². The number of hydrogen-bond donors (Lipinski definition) is 4. The Balaban J connectivity index is 1.04. The molecule has 2 heterocycles. The first-order valence-electron chi connectivity index (χ1n) is 20.2. The van der Waals surface area contributed by atoms with Gasteiger partial charge >= 0.3 is 5.97 Å². The number of hydrogen-bond acceptors (Lipinski definition) is 10. The van der Waals surface area contributed by atoms with E-state index in [9.17, 15) is 34.5 Å². The second-order valence-electron chi connectivity index (χ2n) is 18.1. The van der Waals surface area contributed by atoms with E-state index in [-0.39, 0.29) is 47.2 Å². The molecule has 4 saturated carbocycles. The molecule has 5 aliphatic carbocycles. The fourth-order valence-electron chi connectivity index (χ4n) is 12.0. The van der Waals surface area contributed by atoms with E-state index in [1.165, 1.54) is 25.5 Å². The third-order valence-corrected chi connectivity index (χ3v) is 15.2. The molecule has 5 fully saturated rings. The summed E-state index contributed by atoms with van der Waals surface area (Å²) in [6.45, 7) is 8.46. The van der Waals surface area contributed by atoms with E-state index >= 15 is 8.78 Å². The molecule has 308 valence electrons. The van der Waals surface area contributed by atoms with Gasteiger partial charge in [0.15, 0.2) is 28.8 Å². The first kappa shape index (κ1) is 39.8. The summed E-state index contributed by atoms with van der Waals surface area (Å²) >= 11 is 0. The van der Waals surface area contributed by atoms with Crippen molar-refractivity contribution in [2.45, 2.75) is 102 Å². The van der Waals surface area contributed by atoms with Crippen molar-refractivity contribution in [3.63, 3.8) is 0 Å². The Labute approximate surface area is 329 Å². The number of anilines is 1. The van der Waals surface area contributed by atoms with Crippen molar-refractivity contribution in [2.24, 2.45) is 28.6 Å². The fraction of sp³-hybridized carbons (Fsp3) is 0.628. The lowest BCUT2D eigenvalue weighted by Crippen LogP contribution is -2.69.